The van der Waals surface area contributed by atoms with Crippen molar-refractivity contribution < 1.29 is 14.2 Å². The van der Waals surface area contributed by atoms with Crippen LogP contribution in [0.1, 0.15) is 18.9 Å². The van der Waals surface area contributed by atoms with Crippen LogP contribution in [0.2, 0.25) is 0 Å². The van der Waals surface area contributed by atoms with Crippen LogP contribution in [-0.2, 0) is 6.42 Å². The highest BCUT2D eigenvalue weighted by Crippen LogP contribution is 2.35. The van der Waals surface area contributed by atoms with E-state index in [2.05, 4.69) is 6.92 Å². The van der Waals surface area contributed by atoms with E-state index < -0.39 is 0 Å². The Balaban J connectivity index is 2.99. The van der Waals surface area contributed by atoms with Crippen molar-refractivity contribution in [3.05, 3.63) is 17.7 Å². The van der Waals surface area contributed by atoms with Gasteiger partial charge >= 0.3 is 0 Å². The van der Waals surface area contributed by atoms with E-state index in [9.17, 15) is 0 Å². The number of methoxy groups -OCH3 is 3. The SMILES string of the molecule is COc1cc(OC)c(CCC(C)CN)c(OC)c1. The molecule has 0 saturated heterocycles. The van der Waals surface area contributed by atoms with Gasteiger partial charge in [0.25, 0.3) is 0 Å². The highest BCUT2D eigenvalue weighted by Gasteiger charge is 2.14. The summed E-state index contributed by atoms with van der Waals surface area (Å²) in [6, 6.07) is 3.76. The van der Waals surface area contributed by atoms with Gasteiger partial charge in [0.1, 0.15) is 17.2 Å². The normalized spacial score (nSPS) is 12.1. The molecule has 4 heteroatoms. The molecule has 0 aliphatic carbocycles. The molecule has 0 spiro atoms. The molecular weight excluding hydrogens is 230 g/mol. The predicted octanol–water partition coefficient (Wildman–Crippen LogP) is 2.24. The number of benzene rings is 1. The van der Waals surface area contributed by atoms with Gasteiger partial charge in [0.05, 0.1) is 21.3 Å². The van der Waals surface area contributed by atoms with Crippen LogP contribution in [-0.4, -0.2) is 27.9 Å². The summed E-state index contributed by atoms with van der Waals surface area (Å²) in [6.45, 7) is 2.84. The van der Waals surface area contributed by atoms with Crippen LogP contribution in [0.5, 0.6) is 17.2 Å². The van der Waals surface area contributed by atoms with Crippen LogP contribution >= 0.6 is 0 Å². The molecule has 0 heterocycles. The third kappa shape index (κ3) is 3.53. The summed E-state index contributed by atoms with van der Waals surface area (Å²) in [5, 5.41) is 0. The molecule has 0 aromatic heterocycles. The molecule has 102 valence electrons. The highest BCUT2D eigenvalue weighted by atomic mass is 16.5. The number of rotatable bonds is 7. The van der Waals surface area contributed by atoms with Crippen molar-refractivity contribution in [2.24, 2.45) is 11.7 Å². The fraction of sp³-hybridized carbons (Fsp3) is 0.571. The molecule has 2 N–H and O–H groups in total. The van der Waals surface area contributed by atoms with Crippen molar-refractivity contribution in [3.8, 4) is 17.2 Å². The summed E-state index contributed by atoms with van der Waals surface area (Å²) in [7, 11) is 4.94. The second kappa shape index (κ2) is 7.11. The molecule has 0 saturated carbocycles. The Bertz CT molecular complexity index is 354. The molecule has 4 nitrogen and oxygen atoms in total. The van der Waals surface area contributed by atoms with Crippen molar-refractivity contribution in [1.29, 1.82) is 0 Å². The molecule has 0 amide bonds. The Morgan fingerprint density at radius 1 is 1.06 bits per heavy atom. The number of hydrogen-bond acceptors (Lipinski definition) is 4. The van der Waals surface area contributed by atoms with E-state index in [0.29, 0.717) is 12.5 Å². The van der Waals surface area contributed by atoms with E-state index >= 15 is 0 Å². The van der Waals surface area contributed by atoms with Gasteiger partial charge in [0.2, 0.25) is 0 Å². The second-order valence-corrected chi connectivity index (χ2v) is 4.39. The van der Waals surface area contributed by atoms with Gasteiger partial charge in [-0.15, -0.1) is 0 Å². The molecule has 0 radical (unpaired) electrons. The first kappa shape index (κ1) is 14.6. The zero-order valence-electron chi connectivity index (χ0n) is 11.7. The number of hydrogen-bond donors (Lipinski definition) is 1. The third-order valence-electron chi connectivity index (χ3n) is 3.11. The standard InChI is InChI=1S/C14H23NO3/c1-10(9-15)5-6-12-13(17-3)7-11(16-2)8-14(12)18-4/h7-8,10H,5-6,9,15H2,1-4H3. The first-order valence-electron chi connectivity index (χ1n) is 6.15. The Kier molecular flexibility index (Phi) is 5.78. The Morgan fingerprint density at radius 2 is 1.61 bits per heavy atom. The first-order chi connectivity index (χ1) is 8.65. The summed E-state index contributed by atoms with van der Waals surface area (Å²) in [6.07, 6.45) is 1.89. The predicted molar refractivity (Wildman–Crippen MR) is 72.6 cm³/mol. The largest absolute Gasteiger partial charge is 0.496 e. The maximum absolute atomic E-state index is 5.64. The quantitative estimate of drug-likeness (QED) is 0.809. The lowest BCUT2D eigenvalue weighted by Crippen LogP contribution is -2.12. The van der Waals surface area contributed by atoms with Gasteiger partial charge in [-0.2, -0.15) is 0 Å². The molecular formula is C14H23NO3. The van der Waals surface area contributed by atoms with Gasteiger partial charge in [-0.05, 0) is 25.3 Å². The van der Waals surface area contributed by atoms with E-state index in [1.807, 2.05) is 12.1 Å². The van der Waals surface area contributed by atoms with Gasteiger partial charge in [-0.3, -0.25) is 0 Å². The van der Waals surface area contributed by atoms with Crippen molar-refractivity contribution in [1.82, 2.24) is 0 Å². The van der Waals surface area contributed by atoms with E-state index in [1.165, 1.54) is 0 Å². The molecule has 1 unspecified atom stereocenters. The summed E-state index contributed by atoms with van der Waals surface area (Å²) in [5.74, 6) is 2.83. The summed E-state index contributed by atoms with van der Waals surface area (Å²) < 4.78 is 16.0. The summed E-state index contributed by atoms with van der Waals surface area (Å²) in [4.78, 5) is 0. The molecule has 1 aromatic rings. The van der Waals surface area contributed by atoms with E-state index in [0.717, 1.165) is 35.7 Å². The lowest BCUT2D eigenvalue weighted by molar-refractivity contribution is 0.366. The fourth-order valence-corrected chi connectivity index (χ4v) is 1.83. The van der Waals surface area contributed by atoms with Crippen LogP contribution in [0.3, 0.4) is 0 Å². The Morgan fingerprint density at radius 3 is 2.00 bits per heavy atom. The number of nitrogens with two attached hydrogens (primary N) is 1. The second-order valence-electron chi connectivity index (χ2n) is 4.39. The van der Waals surface area contributed by atoms with Gasteiger partial charge < -0.3 is 19.9 Å². The monoisotopic (exact) mass is 253 g/mol. The Hall–Kier alpha value is -1.42. The summed E-state index contributed by atoms with van der Waals surface area (Å²) >= 11 is 0. The lowest BCUT2D eigenvalue weighted by Gasteiger charge is -2.16. The summed E-state index contributed by atoms with van der Waals surface area (Å²) in [5.41, 5.74) is 6.71. The van der Waals surface area contributed by atoms with Crippen LogP contribution in [0.4, 0.5) is 0 Å². The van der Waals surface area contributed by atoms with E-state index in [1.54, 1.807) is 21.3 Å². The van der Waals surface area contributed by atoms with Crippen molar-refractivity contribution in [2.75, 3.05) is 27.9 Å². The zero-order valence-corrected chi connectivity index (χ0v) is 11.7. The minimum atomic E-state index is 0.488. The molecule has 0 aliphatic rings. The third-order valence-corrected chi connectivity index (χ3v) is 3.11. The lowest BCUT2D eigenvalue weighted by atomic mass is 9.99. The average molecular weight is 253 g/mol. The van der Waals surface area contributed by atoms with Crippen molar-refractivity contribution in [2.45, 2.75) is 19.8 Å². The van der Waals surface area contributed by atoms with Crippen LogP contribution in [0.15, 0.2) is 12.1 Å². The molecule has 0 bridgehead atoms. The highest BCUT2D eigenvalue weighted by molar-refractivity contribution is 5.50. The van der Waals surface area contributed by atoms with Crippen molar-refractivity contribution in [3.63, 3.8) is 0 Å². The molecule has 0 fully saturated rings. The van der Waals surface area contributed by atoms with Crippen LogP contribution in [0.25, 0.3) is 0 Å². The average Bonchev–Trinajstić information content (AvgIpc) is 2.43. The van der Waals surface area contributed by atoms with E-state index in [4.69, 9.17) is 19.9 Å². The maximum Gasteiger partial charge on any atom is 0.129 e. The van der Waals surface area contributed by atoms with Gasteiger partial charge in [-0.1, -0.05) is 6.92 Å². The smallest absolute Gasteiger partial charge is 0.129 e. The van der Waals surface area contributed by atoms with Gasteiger partial charge in [-0.25, -0.2) is 0 Å². The first-order valence-corrected chi connectivity index (χ1v) is 6.15. The van der Waals surface area contributed by atoms with Gasteiger partial charge in [0, 0.05) is 17.7 Å². The molecule has 0 aliphatic heterocycles. The fourth-order valence-electron chi connectivity index (χ4n) is 1.83. The van der Waals surface area contributed by atoms with Crippen LogP contribution < -0.4 is 19.9 Å². The minimum Gasteiger partial charge on any atom is -0.496 e. The Labute approximate surface area is 109 Å². The van der Waals surface area contributed by atoms with Gasteiger partial charge in [0.15, 0.2) is 0 Å². The zero-order chi connectivity index (χ0) is 13.5. The number of ether oxygens (including phenoxy) is 3. The molecule has 1 rings (SSSR count). The van der Waals surface area contributed by atoms with E-state index in [-0.39, 0.29) is 0 Å². The molecule has 1 atom stereocenters. The van der Waals surface area contributed by atoms with Crippen molar-refractivity contribution >= 4 is 0 Å². The topological polar surface area (TPSA) is 53.7 Å². The maximum atomic E-state index is 5.64. The molecule has 1 aromatic carbocycles. The van der Waals surface area contributed by atoms with Crippen LogP contribution in [0, 0.1) is 5.92 Å². The minimum absolute atomic E-state index is 0.488. The molecule has 18 heavy (non-hydrogen) atoms.